The van der Waals surface area contributed by atoms with Gasteiger partial charge in [0.25, 0.3) is 0 Å². The first-order chi connectivity index (χ1) is 11.6. The summed E-state index contributed by atoms with van der Waals surface area (Å²) < 4.78 is 34.6. The van der Waals surface area contributed by atoms with Crippen molar-refractivity contribution in [3.63, 3.8) is 0 Å². The van der Waals surface area contributed by atoms with Crippen LogP contribution < -0.4 is 8.37 Å². The molecule has 0 heterocycles. The van der Waals surface area contributed by atoms with E-state index in [2.05, 4.69) is 0 Å². The molecule has 0 saturated carbocycles. The van der Waals surface area contributed by atoms with Crippen LogP contribution in [-0.2, 0) is 16.8 Å². The summed E-state index contributed by atoms with van der Waals surface area (Å²) >= 11 is 0. The smallest absolute Gasteiger partial charge is 0.353 e. The van der Waals surface area contributed by atoms with E-state index in [1.54, 1.807) is 42.5 Å². The maximum atomic E-state index is 12.2. The third kappa shape index (κ3) is 2.74. The number of fused-ring (bicyclic) bond motifs is 3. The molecule has 4 rings (SSSR count). The van der Waals surface area contributed by atoms with Gasteiger partial charge >= 0.3 is 10.4 Å². The molecule has 0 fully saturated rings. The van der Waals surface area contributed by atoms with Gasteiger partial charge in [-0.25, -0.2) is 0 Å². The number of hydrogen-bond donors (Lipinski definition) is 0. The number of hydrogen-bond acceptors (Lipinski definition) is 4. The Hall–Kier alpha value is -2.79. The maximum absolute atomic E-state index is 12.2. The SMILES string of the molecule is O=S(=O)(Oc1ccccc1)Oc1cccc2c1Cc1ccccc1-2. The van der Waals surface area contributed by atoms with Gasteiger partial charge in [0.05, 0.1) is 0 Å². The van der Waals surface area contributed by atoms with Crippen molar-refractivity contribution in [2.24, 2.45) is 0 Å². The highest BCUT2D eigenvalue weighted by Gasteiger charge is 2.25. The molecule has 0 spiro atoms. The van der Waals surface area contributed by atoms with Crippen molar-refractivity contribution >= 4 is 10.4 Å². The summed E-state index contributed by atoms with van der Waals surface area (Å²) in [5.74, 6) is 0.521. The number of rotatable bonds is 4. The van der Waals surface area contributed by atoms with Crippen LogP contribution in [0.5, 0.6) is 11.5 Å². The summed E-state index contributed by atoms with van der Waals surface area (Å²) in [6.07, 6.45) is 0.641. The monoisotopic (exact) mass is 338 g/mol. The molecule has 1 aliphatic carbocycles. The summed E-state index contributed by atoms with van der Waals surface area (Å²) in [6.45, 7) is 0. The van der Waals surface area contributed by atoms with Gasteiger partial charge in [0.1, 0.15) is 11.5 Å². The first-order valence-electron chi connectivity index (χ1n) is 7.51. The highest BCUT2D eigenvalue weighted by Crippen LogP contribution is 2.41. The maximum Gasteiger partial charge on any atom is 0.500 e. The van der Waals surface area contributed by atoms with E-state index in [-0.39, 0.29) is 5.75 Å². The molecule has 3 aromatic carbocycles. The van der Waals surface area contributed by atoms with E-state index in [9.17, 15) is 8.42 Å². The minimum absolute atomic E-state index is 0.216. The Morgan fingerprint density at radius 1 is 0.708 bits per heavy atom. The normalized spacial score (nSPS) is 12.3. The van der Waals surface area contributed by atoms with Crippen molar-refractivity contribution in [3.8, 4) is 22.6 Å². The highest BCUT2D eigenvalue weighted by molar-refractivity contribution is 7.82. The second-order valence-corrected chi connectivity index (χ2v) is 6.65. The van der Waals surface area contributed by atoms with E-state index in [1.807, 2.05) is 30.3 Å². The zero-order chi connectivity index (χ0) is 16.6. The summed E-state index contributed by atoms with van der Waals surface area (Å²) in [4.78, 5) is 0. The van der Waals surface area contributed by atoms with Crippen molar-refractivity contribution in [2.45, 2.75) is 6.42 Å². The number of para-hydroxylation sites is 1. The van der Waals surface area contributed by atoms with E-state index in [0.717, 1.165) is 22.3 Å². The van der Waals surface area contributed by atoms with Crippen LogP contribution in [0.3, 0.4) is 0 Å². The molecule has 5 heteroatoms. The van der Waals surface area contributed by atoms with Crippen LogP contribution in [0.2, 0.25) is 0 Å². The molecule has 0 aliphatic heterocycles. The Morgan fingerprint density at radius 2 is 1.42 bits per heavy atom. The molecule has 0 atom stereocenters. The van der Waals surface area contributed by atoms with Gasteiger partial charge in [0.2, 0.25) is 0 Å². The fourth-order valence-corrected chi connectivity index (χ4v) is 3.68. The summed E-state index contributed by atoms with van der Waals surface area (Å²) in [7, 11) is -4.20. The topological polar surface area (TPSA) is 52.6 Å². The van der Waals surface area contributed by atoms with Crippen LogP contribution in [-0.4, -0.2) is 8.42 Å². The molecule has 1 aliphatic rings. The van der Waals surface area contributed by atoms with Crippen LogP contribution in [0.1, 0.15) is 11.1 Å². The third-order valence-electron chi connectivity index (χ3n) is 3.94. The van der Waals surface area contributed by atoms with E-state index in [0.29, 0.717) is 12.2 Å². The van der Waals surface area contributed by atoms with Crippen LogP contribution in [0, 0.1) is 0 Å². The molecule has 24 heavy (non-hydrogen) atoms. The molecular formula is C19H14O4S. The van der Waals surface area contributed by atoms with Crippen molar-refractivity contribution in [3.05, 3.63) is 83.9 Å². The van der Waals surface area contributed by atoms with E-state index >= 15 is 0 Å². The Labute approximate surface area is 140 Å². The first kappa shape index (κ1) is 14.8. The second-order valence-electron chi connectivity index (χ2n) is 5.50. The Balaban J connectivity index is 1.65. The van der Waals surface area contributed by atoms with Crippen molar-refractivity contribution < 1.29 is 16.8 Å². The van der Waals surface area contributed by atoms with E-state index < -0.39 is 10.4 Å². The highest BCUT2D eigenvalue weighted by atomic mass is 32.3. The average molecular weight is 338 g/mol. The minimum atomic E-state index is -4.20. The van der Waals surface area contributed by atoms with E-state index in [1.165, 1.54) is 0 Å². The lowest BCUT2D eigenvalue weighted by Crippen LogP contribution is -2.17. The summed E-state index contributed by atoms with van der Waals surface area (Å²) in [6, 6.07) is 21.7. The van der Waals surface area contributed by atoms with E-state index in [4.69, 9.17) is 8.37 Å². The molecule has 0 saturated heterocycles. The molecule has 4 nitrogen and oxygen atoms in total. The quantitative estimate of drug-likeness (QED) is 0.565. The lowest BCUT2D eigenvalue weighted by molar-refractivity contribution is 0.391. The first-order valence-corrected chi connectivity index (χ1v) is 8.85. The van der Waals surface area contributed by atoms with Gasteiger partial charge in [0.15, 0.2) is 0 Å². The molecule has 0 N–H and O–H groups in total. The zero-order valence-electron chi connectivity index (χ0n) is 12.7. The van der Waals surface area contributed by atoms with Crippen LogP contribution in [0.4, 0.5) is 0 Å². The lowest BCUT2D eigenvalue weighted by Gasteiger charge is -2.11. The fraction of sp³-hybridized carbons (Fsp3) is 0.0526. The van der Waals surface area contributed by atoms with Crippen LogP contribution >= 0.6 is 0 Å². The average Bonchev–Trinajstić information content (AvgIpc) is 2.95. The van der Waals surface area contributed by atoms with Crippen molar-refractivity contribution in [1.29, 1.82) is 0 Å². The summed E-state index contributed by atoms with van der Waals surface area (Å²) in [5.41, 5.74) is 4.13. The molecule has 0 aromatic heterocycles. The molecule has 3 aromatic rings. The molecule has 0 unspecified atom stereocenters. The van der Waals surface area contributed by atoms with Crippen molar-refractivity contribution in [1.82, 2.24) is 0 Å². The lowest BCUT2D eigenvalue weighted by atomic mass is 10.1. The molecule has 120 valence electrons. The van der Waals surface area contributed by atoms with Gasteiger partial charge in [-0.3, -0.25) is 0 Å². The van der Waals surface area contributed by atoms with Gasteiger partial charge in [-0.05, 0) is 34.9 Å². The van der Waals surface area contributed by atoms with Crippen LogP contribution in [0.25, 0.3) is 11.1 Å². The Kier molecular flexibility index (Phi) is 3.50. The molecule has 0 bridgehead atoms. The van der Waals surface area contributed by atoms with Crippen molar-refractivity contribution in [2.75, 3.05) is 0 Å². The molecule has 0 amide bonds. The fourth-order valence-electron chi connectivity index (χ4n) is 2.93. The zero-order valence-corrected chi connectivity index (χ0v) is 13.5. The van der Waals surface area contributed by atoms with Gasteiger partial charge in [-0.15, -0.1) is 8.42 Å². The molecular weight excluding hydrogens is 324 g/mol. The largest absolute Gasteiger partial charge is 0.500 e. The van der Waals surface area contributed by atoms with Gasteiger partial charge in [0, 0.05) is 12.0 Å². The van der Waals surface area contributed by atoms with Crippen LogP contribution in [0.15, 0.2) is 72.8 Å². The Morgan fingerprint density at radius 3 is 2.25 bits per heavy atom. The Bertz CT molecular complexity index is 995. The second kappa shape index (κ2) is 5.69. The van der Waals surface area contributed by atoms with Gasteiger partial charge < -0.3 is 8.37 Å². The molecule has 0 radical (unpaired) electrons. The predicted molar refractivity (Wildman–Crippen MR) is 91.3 cm³/mol. The number of benzene rings is 3. The summed E-state index contributed by atoms with van der Waals surface area (Å²) in [5, 5.41) is 0. The van der Waals surface area contributed by atoms with Gasteiger partial charge in [-0.2, -0.15) is 0 Å². The van der Waals surface area contributed by atoms with Gasteiger partial charge in [-0.1, -0.05) is 54.6 Å². The standard InChI is InChI=1S/C19H14O4S/c20-24(21,22-15-8-2-1-3-9-15)23-19-12-6-11-17-16-10-5-4-7-14(16)13-18(17)19/h1-12H,13H2. The predicted octanol–water partition coefficient (Wildman–Crippen LogP) is 3.96. The minimum Gasteiger partial charge on any atom is -0.353 e. The third-order valence-corrected chi connectivity index (χ3v) is 4.72.